The van der Waals surface area contributed by atoms with E-state index in [0.29, 0.717) is 41.7 Å². The summed E-state index contributed by atoms with van der Waals surface area (Å²) in [4.78, 5) is 0. The number of aliphatic hydroxyl groups excluding tert-OH is 1. The Kier molecular flexibility index (Phi) is 3.23. The molecule has 20 heavy (non-hydrogen) atoms. The molecule has 0 amide bonds. The number of para-hydroxylation sites is 1. The number of aromatic nitrogens is 2. The SMILES string of the molecule is COc1cnn(C)c1C(O)c1cccc2c1OCCO2. The summed E-state index contributed by atoms with van der Waals surface area (Å²) < 4.78 is 18.0. The van der Waals surface area contributed by atoms with Crippen molar-refractivity contribution in [2.75, 3.05) is 20.3 Å². The molecule has 6 nitrogen and oxygen atoms in total. The predicted octanol–water partition coefficient (Wildman–Crippen LogP) is 1.28. The number of aryl methyl sites for hydroxylation is 1. The molecular formula is C14H16N2O4. The van der Waals surface area contributed by atoms with Gasteiger partial charge in [0.25, 0.3) is 0 Å². The minimum atomic E-state index is -0.894. The molecule has 1 N–H and O–H groups in total. The molecule has 106 valence electrons. The fourth-order valence-electron chi connectivity index (χ4n) is 2.35. The van der Waals surface area contributed by atoms with Gasteiger partial charge in [0.2, 0.25) is 0 Å². The number of fused-ring (bicyclic) bond motifs is 1. The average molecular weight is 276 g/mol. The predicted molar refractivity (Wildman–Crippen MR) is 71.3 cm³/mol. The van der Waals surface area contributed by atoms with E-state index in [9.17, 15) is 5.11 Å². The van der Waals surface area contributed by atoms with Gasteiger partial charge in [-0.05, 0) is 6.07 Å². The lowest BCUT2D eigenvalue weighted by Gasteiger charge is -2.23. The lowest BCUT2D eigenvalue weighted by Crippen LogP contribution is -2.18. The third-order valence-corrected chi connectivity index (χ3v) is 3.32. The third kappa shape index (κ3) is 1.98. The summed E-state index contributed by atoms with van der Waals surface area (Å²) in [6.45, 7) is 0.987. The van der Waals surface area contributed by atoms with Gasteiger partial charge in [-0.1, -0.05) is 12.1 Å². The molecule has 1 aliphatic rings. The van der Waals surface area contributed by atoms with Crippen molar-refractivity contribution in [1.29, 1.82) is 0 Å². The first-order valence-corrected chi connectivity index (χ1v) is 6.35. The van der Waals surface area contributed by atoms with E-state index in [0.717, 1.165) is 0 Å². The van der Waals surface area contributed by atoms with Crippen LogP contribution in [0.1, 0.15) is 17.4 Å². The fraction of sp³-hybridized carbons (Fsp3) is 0.357. The molecule has 0 bridgehead atoms. The number of benzene rings is 1. The number of aliphatic hydroxyl groups is 1. The van der Waals surface area contributed by atoms with Crippen molar-refractivity contribution in [3.05, 3.63) is 35.7 Å². The van der Waals surface area contributed by atoms with Crippen LogP contribution < -0.4 is 14.2 Å². The average Bonchev–Trinajstić information content (AvgIpc) is 2.87. The first kappa shape index (κ1) is 12.8. The Morgan fingerprint density at radius 1 is 1.35 bits per heavy atom. The number of nitrogens with zero attached hydrogens (tertiary/aromatic N) is 2. The van der Waals surface area contributed by atoms with Crippen LogP contribution in [0.3, 0.4) is 0 Å². The summed E-state index contributed by atoms with van der Waals surface area (Å²) in [6, 6.07) is 5.46. The van der Waals surface area contributed by atoms with Gasteiger partial charge in [0, 0.05) is 12.6 Å². The van der Waals surface area contributed by atoms with Crippen molar-refractivity contribution >= 4 is 0 Å². The molecular weight excluding hydrogens is 260 g/mol. The second kappa shape index (κ2) is 5.05. The second-order valence-electron chi connectivity index (χ2n) is 4.50. The van der Waals surface area contributed by atoms with Gasteiger partial charge in [-0.3, -0.25) is 4.68 Å². The standard InChI is InChI=1S/C14H16N2O4/c1-16-12(11(18-2)8-15-16)13(17)9-4-3-5-10-14(9)20-7-6-19-10/h3-5,8,13,17H,6-7H2,1-2H3. The van der Waals surface area contributed by atoms with Crippen LogP contribution in [0.15, 0.2) is 24.4 Å². The Morgan fingerprint density at radius 2 is 2.15 bits per heavy atom. The van der Waals surface area contributed by atoms with Crippen molar-refractivity contribution in [2.45, 2.75) is 6.10 Å². The van der Waals surface area contributed by atoms with E-state index in [4.69, 9.17) is 14.2 Å². The lowest BCUT2D eigenvalue weighted by molar-refractivity contribution is 0.155. The van der Waals surface area contributed by atoms with Gasteiger partial charge >= 0.3 is 0 Å². The highest BCUT2D eigenvalue weighted by Crippen LogP contribution is 2.40. The molecule has 0 saturated heterocycles. The molecule has 6 heteroatoms. The Morgan fingerprint density at radius 3 is 2.95 bits per heavy atom. The van der Waals surface area contributed by atoms with E-state index in [-0.39, 0.29) is 0 Å². The highest BCUT2D eigenvalue weighted by molar-refractivity contribution is 5.51. The zero-order valence-corrected chi connectivity index (χ0v) is 11.4. The fourth-order valence-corrected chi connectivity index (χ4v) is 2.35. The van der Waals surface area contributed by atoms with Crippen LogP contribution in [-0.2, 0) is 7.05 Å². The summed E-state index contributed by atoms with van der Waals surface area (Å²) in [5.74, 6) is 1.76. The molecule has 1 aromatic heterocycles. The molecule has 0 aliphatic carbocycles. The molecule has 0 saturated carbocycles. The van der Waals surface area contributed by atoms with Crippen molar-refractivity contribution in [3.63, 3.8) is 0 Å². The Labute approximate surface area is 116 Å². The highest BCUT2D eigenvalue weighted by atomic mass is 16.6. The van der Waals surface area contributed by atoms with Crippen LogP contribution in [-0.4, -0.2) is 35.2 Å². The van der Waals surface area contributed by atoms with E-state index >= 15 is 0 Å². The van der Waals surface area contributed by atoms with Gasteiger partial charge in [-0.15, -0.1) is 0 Å². The largest absolute Gasteiger partial charge is 0.493 e. The second-order valence-corrected chi connectivity index (χ2v) is 4.50. The normalized spacial score (nSPS) is 14.9. The van der Waals surface area contributed by atoms with Crippen LogP contribution in [0.5, 0.6) is 17.2 Å². The first-order chi connectivity index (χ1) is 9.72. The van der Waals surface area contributed by atoms with E-state index in [1.165, 1.54) is 0 Å². The topological polar surface area (TPSA) is 65.7 Å². The zero-order chi connectivity index (χ0) is 14.1. The van der Waals surface area contributed by atoms with Gasteiger partial charge in [0.15, 0.2) is 17.2 Å². The number of hydrogen-bond acceptors (Lipinski definition) is 5. The van der Waals surface area contributed by atoms with Gasteiger partial charge in [-0.25, -0.2) is 0 Å². The van der Waals surface area contributed by atoms with Crippen molar-refractivity contribution in [1.82, 2.24) is 9.78 Å². The molecule has 2 heterocycles. The number of rotatable bonds is 3. The maximum atomic E-state index is 10.7. The minimum absolute atomic E-state index is 0.471. The third-order valence-electron chi connectivity index (χ3n) is 3.32. The minimum Gasteiger partial charge on any atom is -0.493 e. The van der Waals surface area contributed by atoms with E-state index in [1.807, 2.05) is 18.2 Å². The molecule has 0 spiro atoms. The van der Waals surface area contributed by atoms with Crippen LogP contribution in [0, 0.1) is 0 Å². The summed E-state index contributed by atoms with van der Waals surface area (Å²) in [5.41, 5.74) is 1.22. The Hall–Kier alpha value is -2.21. The Bertz CT molecular complexity index is 624. The quantitative estimate of drug-likeness (QED) is 0.915. The maximum Gasteiger partial charge on any atom is 0.167 e. The molecule has 0 radical (unpaired) electrons. The summed E-state index contributed by atoms with van der Waals surface area (Å²) in [7, 11) is 3.31. The van der Waals surface area contributed by atoms with Crippen molar-refractivity contribution in [2.24, 2.45) is 7.05 Å². The van der Waals surface area contributed by atoms with Gasteiger partial charge < -0.3 is 19.3 Å². The first-order valence-electron chi connectivity index (χ1n) is 6.35. The summed E-state index contributed by atoms with van der Waals surface area (Å²) in [5, 5.41) is 14.8. The molecule has 1 unspecified atom stereocenters. The summed E-state index contributed by atoms with van der Waals surface area (Å²) >= 11 is 0. The van der Waals surface area contributed by atoms with Gasteiger partial charge in [0.05, 0.1) is 13.3 Å². The maximum absolute atomic E-state index is 10.7. The van der Waals surface area contributed by atoms with Gasteiger partial charge in [-0.2, -0.15) is 5.10 Å². The van der Waals surface area contributed by atoms with Crippen LogP contribution in [0.2, 0.25) is 0 Å². The zero-order valence-electron chi connectivity index (χ0n) is 11.4. The molecule has 2 aromatic rings. The lowest BCUT2D eigenvalue weighted by atomic mass is 10.0. The molecule has 0 fully saturated rings. The Balaban J connectivity index is 2.06. The smallest absolute Gasteiger partial charge is 0.167 e. The number of methoxy groups -OCH3 is 1. The molecule has 1 atom stereocenters. The number of ether oxygens (including phenoxy) is 3. The number of hydrogen-bond donors (Lipinski definition) is 1. The van der Waals surface area contributed by atoms with E-state index in [1.54, 1.807) is 25.0 Å². The van der Waals surface area contributed by atoms with Crippen LogP contribution in [0.25, 0.3) is 0 Å². The van der Waals surface area contributed by atoms with E-state index < -0.39 is 6.10 Å². The highest BCUT2D eigenvalue weighted by Gasteiger charge is 2.26. The molecule has 1 aliphatic heterocycles. The van der Waals surface area contributed by atoms with Crippen LogP contribution >= 0.6 is 0 Å². The van der Waals surface area contributed by atoms with Crippen molar-refractivity contribution in [3.8, 4) is 17.2 Å². The van der Waals surface area contributed by atoms with E-state index in [2.05, 4.69) is 5.10 Å². The summed E-state index contributed by atoms with van der Waals surface area (Å²) in [6.07, 6.45) is 0.680. The van der Waals surface area contributed by atoms with Crippen molar-refractivity contribution < 1.29 is 19.3 Å². The monoisotopic (exact) mass is 276 g/mol. The van der Waals surface area contributed by atoms with Gasteiger partial charge in [0.1, 0.15) is 25.0 Å². The molecule has 1 aromatic carbocycles. The van der Waals surface area contributed by atoms with Crippen LogP contribution in [0.4, 0.5) is 0 Å². The molecule has 3 rings (SSSR count).